The molecule has 0 amide bonds. The minimum atomic E-state index is -0.594. The van der Waals surface area contributed by atoms with E-state index in [0.717, 1.165) is 18.8 Å². The molecule has 156 valence electrons. The average molecular weight is 399 g/mol. The second-order valence-electron chi connectivity index (χ2n) is 9.74. The number of benzene rings is 3. The van der Waals surface area contributed by atoms with Gasteiger partial charge in [-0.1, -0.05) is 112 Å². The predicted molar refractivity (Wildman–Crippen MR) is 125 cm³/mol. The summed E-state index contributed by atoms with van der Waals surface area (Å²) in [7, 11) is 0. The van der Waals surface area contributed by atoms with Crippen molar-refractivity contribution in [1.82, 2.24) is 0 Å². The molecule has 30 heavy (non-hydrogen) atoms. The molecule has 0 spiro atoms. The fraction of sp³-hybridized carbons (Fsp3) is 0.379. The van der Waals surface area contributed by atoms with Crippen LogP contribution in [0.15, 0.2) is 91.0 Å². The van der Waals surface area contributed by atoms with Gasteiger partial charge in [-0.15, -0.1) is 0 Å². The molecule has 0 radical (unpaired) electrons. The molecule has 3 aromatic rings. The Morgan fingerprint density at radius 2 is 0.933 bits per heavy atom. The normalized spacial score (nSPS) is 20.1. The third-order valence-corrected chi connectivity index (χ3v) is 6.78. The third-order valence-electron chi connectivity index (χ3n) is 6.78. The molecule has 1 heteroatoms. The summed E-state index contributed by atoms with van der Waals surface area (Å²) in [5.41, 5.74) is 3.37. The van der Waals surface area contributed by atoms with Crippen molar-refractivity contribution in [2.75, 3.05) is 0 Å². The highest BCUT2D eigenvalue weighted by molar-refractivity contribution is 5.47. The maximum absolute atomic E-state index is 7.20. The molecule has 1 aliphatic rings. The van der Waals surface area contributed by atoms with Crippen molar-refractivity contribution >= 4 is 0 Å². The van der Waals surface area contributed by atoms with Gasteiger partial charge in [-0.25, -0.2) is 0 Å². The molecule has 0 N–H and O–H groups in total. The number of rotatable bonds is 5. The van der Waals surface area contributed by atoms with Gasteiger partial charge in [0.15, 0.2) is 0 Å². The second-order valence-corrected chi connectivity index (χ2v) is 9.74. The first-order valence-corrected chi connectivity index (χ1v) is 11.3. The van der Waals surface area contributed by atoms with Crippen LogP contribution in [0.5, 0.6) is 0 Å². The van der Waals surface area contributed by atoms with E-state index in [1.54, 1.807) is 0 Å². The van der Waals surface area contributed by atoms with Gasteiger partial charge >= 0.3 is 0 Å². The van der Waals surface area contributed by atoms with Crippen molar-refractivity contribution in [1.29, 1.82) is 0 Å². The van der Waals surface area contributed by atoms with E-state index in [4.69, 9.17) is 4.74 Å². The van der Waals surface area contributed by atoms with E-state index in [9.17, 15) is 0 Å². The quantitative estimate of drug-likeness (QED) is 0.402. The van der Waals surface area contributed by atoms with Crippen LogP contribution >= 0.6 is 0 Å². The fourth-order valence-electron chi connectivity index (χ4n) is 5.02. The summed E-state index contributed by atoms with van der Waals surface area (Å²) >= 11 is 0. The molecule has 0 atom stereocenters. The molecule has 1 aliphatic carbocycles. The molecule has 1 nitrogen and oxygen atoms in total. The molecule has 0 saturated heterocycles. The van der Waals surface area contributed by atoms with Crippen molar-refractivity contribution in [2.24, 2.45) is 11.3 Å². The molecule has 3 aromatic carbocycles. The number of ether oxygens (including phenoxy) is 1. The second kappa shape index (κ2) is 8.78. The Morgan fingerprint density at radius 3 is 1.27 bits per heavy atom. The lowest BCUT2D eigenvalue weighted by Crippen LogP contribution is -2.39. The Morgan fingerprint density at radius 1 is 0.567 bits per heavy atom. The third kappa shape index (κ3) is 4.23. The van der Waals surface area contributed by atoms with Crippen molar-refractivity contribution in [3.05, 3.63) is 108 Å². The molecule has 4 rings (SSSR count). The van der Waals surface area contributed by atoms with Crippen molar-refractivity contribution in [3.8, 4) is 0 Å². The summed E-state index contributed by atoms with van der Waals surface area (Å²) in [5.74, 6) is 0.775. The molecular weight excluding hydrogens is 364 g/mol. The van der Waals surface area contributed by atoms with E-state index in [1.807, 2.05) is 0 Å². The Kier molecular flexibility index (Phi) is 6.11. The number of hydrogen-bond donors (Lipinski definition) is 0. The first-order chi connectivity index (χ1) is 14.5. The zero-order valence-corrected chi connectivity index (χ0v) is 18.6. The maximum Gasteiger partial charge on any atom is 0.144 e. The molecule has 1 fully saturated rings. The largest absolute Gasteiger partial charge is 0.358 e. The van der Waals surface area contributed by atoms with Crippen LogP contribution in [0.2, 0.25) is 0 Å². The summed E-state index contributed by atoms with van der Waals surface area (Å²) < 4.78 is 7.20. The molecule has 0 unspecified atom stereocenters. The van der Waals surface area contributed by atoms with Gasteiger partial charge in [0.05, 0.1) is 6.10 Å². The van der Waals surface area contributed by atoms with E-state index in [2.05, 4.69) is 112 Å². The predicted octanol–water partition coefficient (Wildman–Crippen LogP) is 7.60. The molecular formula is C29H34O. The summed E-state index contributed by atoms with van der Waals surface area (Å²) in [6, 6.07) is 32.2. The summed E-state index contributed by atoms with van der Waals surface area (Å²) in [6.45, 7) is 7.13. The van der Waals surface area contributed by atoms with Crippen molar-refractivity contribution < 1.29 is 4.74 Å². The number of hydrogen-bond acceptors (Lipinski definition) is 1. The van der Waals surface area contributed by atoms with Crippen LogP contribution in [0, 0.1) is 11.3 Å². The SMILES string of the molecule is CC(C)(C)C1CCC(OC(c2ccccc2)(c2ccccc2)c2ccccc2)CC1. The molecule has 1 saturated carbocycles. The summed E-state index contributed by atoms with van der Waals surface area (Å²) in [6.07, 6.45) is 4.97. The maximum atomic E-state index is 7.20. The van der Waals surface area contributed by atoms with Crippen LogP contribution in [0.4, 0.5) is 0 Å². The highest BCUT2D eigenvalue weighted by Gasteiger charge is 2.41. The van der Waals surface area contributed by atoms with Gasteiger partial charge in [-0.05, 0) is 53.7 Å². The smallest absolute Gasteiger partial charge is 0.144 e. The summed E-state index contributed by atoms with van der Waals surface area (Å²) in [4.78, 5) is 0. The molecule has 0 aliphatic heterocycles. The Balaban J connectivity index is 1.76. The first-order valence-electron chi connectivity index (χ1n) is 11.3. The average Bonchev–Trinajstić information content (AvgIpc) is 2.79. The summed E-state index contributed by atoms with van der Waals surface area (Å²) in [5, 5.41) is 0. The van der Waals surface area contributed by atoms with Gasteiger partial charge in [0.2, 0.25) is 0 Å². The Bertz CT molecular complexity index is 804. The topological polar surface area (TPSA) is 9.23 Å². The van der Waals surface area contributed by atoms with E-state index in [-0.39, 0.29) is 6.10 Å². The first kappa shape index (κ1) is 20.9. The van der Waals surface area contributed by atoms with E-state index in [0.29, 0.717) is 5.41 Å². The van der Waals surface area contributed by atoms with Gasteiger partial charge in [-0.2, -0.15) is 0 Å². The minimum Gasteiger partial charge on any atom is -0.358 e. The van der Waals surface area contributed by atoms with E-state index >= 15 is 0 Å². The highest BCUT2D eigenvalue weighted by Crippen LogP contribution is 2.45. The van der Waals surface area contributed by atoms with Crippen LogP contribution < -0.4 is 0 Å². The monoisotopic (exact) mass is 398 g/mol. The van der Waals surface area contributed by atoms with Crippen molar-refractivity contribution in [3.63, 3.8) is 0 Å². The lowest BCUT2D eigenvalue weighted by molar-refractivity contribution is -0.0737. The van der Waals surface area contributed by atoms with E-state index in [1.165, 1.54) is 29.5 Å². The zero-order valence-electron chi connectivity index (χ0n) is 18.6. The molecule has 0 aromatic heterocycles. The lowest BCUT2D eigenvalue weighted by Gasteiger charge is -2.43. The van der Waals surface area contributed by atoms with Gasteiger partial charge in [0.1, 0.15) is 5.60 Å². The lowest BCUT2D eigenvalue weighted by atomic mass is 9.71. The zero-order chi connectivity index (χ0) is 21.0. The molecule has 0 bridgehead atoms. The fourth-order valence-corrected chi connectivity index (χ4v) is 5.02. The van der Waals surface area contributed by atoms with E-state index < -0.39 is 5.60 Å². The van der Waals surface area contributed by atoms with Gasteiger partial charge in [0, 0.05) is 0 Å². The molecule has 0 heterocycles. The van der Waals surface area contributed by atoms with Gasteiger partial charge in [-0.3, -0.25) is 0 Å². The van der Waals surface area contributed by atoms with Crippen LogP contribution in [-0.4, -0.2) is 6.10 Å². The van der Waals surface area contributed by atoms with Crippen LogP contribution in [0.1, 0.15) is 63.1 Å². The van der Waals surface area contributed by atoms with Crippen molar-refractivity contribution in [2.45, 2.75) is 58.2 Å². The van der Waals surface area contributed by atoms with Crippen LogP contribution in [0.3, 0.4) is 0 Å². The van der Waals surface area contributed by atoms with Crippen LogP contribution in [-0.2, 0) is 10.3 Å². The van der Waals surface area contributed by atoms with Gasteiger partial charge < -0.3 is 4.74 Å². The standard InChI is InChI=1S/C29H34O/c1-28(2,3)23-19-21-27(22-20-23)30-29(24-13-7-4-8-14-24,25-15-9-5-10-16-25)26-17-11-6-12-18-26/h4-18,23,27H,19-22H2,1-3H3. The van der Waals surface area contributed by atoms with Gasteiger partial charge in [0.25, 0.3) is 0 Å². The Hall–Kier alpha value is -2.38. The highest BCUT2D eigenvalue weighted by atomic mass is 16.5. The van der Waals surface area contributed by atoms with Crippen LogP contribution in [0.25, 0.3) is 0 Å². The Labute approximate surface area is 182 Å². The minimum absolute atomic E-state index is 0.254.